The molecule has 0 bridgehead atoms. The van der Waals surface area contributed by atoms with E-state index in [0.717, 1.165) is 30.8 Å². The average molecular weight is 482 g/mol. The largest absolute Gasteiger partial charge is 0.363 e. The van der Waals surface area contributed by atoms with E-state index in [0.29, 0.717) is 11.1 Å². The van der Waals surface area contributed by atoms with Gasteiger partial charge in [0.15, 0.2) is 0 Å². The van der Waals surface area contributed by atoms with Crippen molar-refractivity contribution in [3.63, 3.8) is 0 Å². The number of nitrogens with one attached hydrogen (secondary N) is 1. The summed E-state index contributed by atoms with van der Waals surface area (Å²) in [7, 11) is 0. The van der Waals surface area contributed by atoms with Crippen molar-refractivity contribution in [1.29, 1.82) is 0 Å². The van der Waals surface area contributed by atoms with Crippen LogP contribution in [0.15, 0.2) is 78.9 Å². The Morgan fingerprint density at radius 3 is 2.19 bits per heavy atom. The van der Waals surface area contributed by atoms with Crippen LogP contribution in [0.3, 0.4) is 0 Å². The molecule has 0 aromatic heterocycles. The highest BCUT2D eigenvalue weighted by Gasteiger charge is 2.26. The maximum Gasteiger partial charge on any atom is 0.287 e. The molecule has 3 aromatic rings. The van der Waals surface area contributed by atoms with E-state index in [4.69, 9.17) is 5.73 Å². The Bertz CT molecular complexity index is 1230. The fourth-order valence-corrected chi connectivity index (χ4v) is 4.44. The number of benzene rings is 3. The van der Waals surface area contributed by atoms with Crippen molar-refractivity contribution >= 4 is 29.7 Å². The molecule has 0 radical (unpaired) electrons. The highest BCUT2D eigenvalue weighted by atomic mass is 16.2. The molecule has 1 heterocycles. The Hall–Kier alpha value is -4.03. The molecule has 36 heavy (non-hydrogen) atoms. The van der Waals surface area contributed by atoms with E-state index < -0.39 is 23.6 Å². The second-order valence-electron chi connectivity index (χ2n) is 9.09. The topological polar surface area (TPSA) is 92.5 Å². The van der Waals surface area contributed by atoms with Crippen LogP contribution in [0.25, 0.3) is 12.2 Å². The molecule has 0 spiro atoms. The minimum absolute atomic E-state index is 0.177. The van der Waals surface area contributed by atoms with Gasteiger partial charge in [0.1, 0.15) is 6.04 Å². The second kappa shape index (κ2) is 12.1. The Labute approximate surface area is 211 Å². The van der Waals surface area contributed by atoms with Gasteiger partial charge in [-0.15, -0.1) is 0 Å². The average Bonchev–Trinajstić information content (AvgIpc) is 3.41. The predicted octanol–water partition coefficient (Wildman–Crippen LogP) is 3.85. The molecule has 6 heteroatoms. The van der Waals surface area contributed by atoms with Crippen LogP contribution < -0.4 is 11.1 Å². The number of hydrogen-bond acceptors (Lipinski definition) is 4. The summed E-state index contributed by atoms with van der Waals surface area (Å²) in [5.74, 6) is -2.33. The number of nitrogens with two attached hydrogens (primary N) is 1. The van der Waals surface area contributed by atoms with Crippen LogP contribution >= 0.6 is 0 Å². The summed E-state index contributed by atoms with van der Waals surface area (Å²) in [4.78, 5) is 39.7. The van der Waals surface area contributed by atoms with Crippen LogP contribution in [0.1, 0.15) is 45.5 Å². The van der Waals surface area contributed by atoms with E-state index in [2.05, 4.69) is 34.5 Å². The van der Waals surface area contributed by atoms with E-state index >= 15 is 0 Å². The second-order valence-corrected chi connectivity index (χ2v) is 9.09. The molecule has 2 amide bonds. The van der Waals surface area contributed by atoms with Crippen molar-refractivity contribution in [1.82, 2.24) is 10.2 Å². The summed E-state index contributed by atoms with van der Waals surface area (Å²) in [6.07, 6.45) is 6.57. The minimum Gasteiger partial charge on any atom is -0.363 e. The quantitative estimate of drug-likeness (QED) is 0.340. The fraction of sp³-hybridized carbons (Fsp3) is 0.233. The van der Waals surface area contributed by atoms with Gasteiger partial charge >= 0.3 is 0 Å². The number of carbonyl (C=O) groups is 3. The van der Waals surface area contributed by atoms with Crippen molar-refractivity contribution in [3.8, 4) is 0 Å². The molecule has 1 saturated heterocycles. The van der Waals surface area contributed by atoms with E-state index in [1.165, 1.54) is 18.4 Å². The van der Waals surface area contributed by atoms with Gasteiger partial charge in [0.25, 0.3) is 11.8 Å². The van der Waals surface area contributed by atoms with Crippen LogP contribution in [0.4, 0.5) is 0 Å². The van der Waals surface area contributed by atoms with E-state index in [1.807, 2.05) is 54.6 Å². The zero-order chi connectivity index (χ0) is 25.3. The number of rotatable bonds is 10. The number of nitrogens with zero attached hydrogens (tertiary/aromatic N) is 1. The number of ketones is 1. The zero-order valence-electron chi connectivity index (χ0n) is 20.2. The fourth-order valence-electron chi connectivity index (χ4n) is 4.44. The summed E-state index contributed by atoms with van der Waals surface area (Å²) in [5.41, 5.74) is 9.51. The molecule has 1 fully saturated rings. The summed E-state index contributed by atoms with van der Waals surface area (Å²) >= 11 is 0. The molecule has 3 aromatic carbocycles. The monoisotopic (exact) mass is 481 g/mol. The van der Waals surface area contributed by atoms with Crippen molar-refractivity contribution < 1.29 is 14.4 Å². The molecule has 3 N–H and O–H groups in total. The van der Waals surface area contributed by atoms with Crippen molar-refractivity contribution in [2.45, 2.75) is 31.8 Å². The molecule has 1 atom stereocenters. The third kappa shape index (κ3) is 6.77. The first-order valence-electron chi connectivity index (χ1n) is 12.3. The SMILES string of the molecule is NC(=O)C(=O)C(Cc1ccccc1)NC(=O)c1ccccc1C=Cc1ccc(CN2CCCC2)cc1. The number of primary amides is 1. The number of hydrogen-bond donors (Lipinski definition) is 2. The first-order chi connectivity index (χ1) is 17.5. The predicted molar refractivity (Wildman–Crippen MR) is 142 cm³/mol. The lowest BCUT2D eigenvalue weighted by Crippen LogP contribution is -2.47. The van der Waals surface area contributed by atoms with Crippen LogP contribution in [0.2, 0.25) is 0 Å². The Morgan fingerprint density at radius 2 is 1.50 bits per heavy atom. The Kier molecular flexibility index (Phi) is 8.42. The highest BCUT2D eigenvalue weighted by molar-refractivity contribution is 6.38. The van der Waals surface area contributed by atoms with Crippen molar-refractivity contribution in [2.75, 3.05) is 13.1 Å². The Morgan fingerprint density at radius 1 is 0.833 bits per heavy atom. The molecular weight excluding hydrogens is 450 g/mol. The molecule has 1 unspecified atom stereocenters. The molecule has 1 aliphatic rings. The van der Waals surface area contributed by atoms with E-state index in [-0.39, 0.29) is 6.42 Å². The van der Waals surface area contributed by atoms with Crippen LogP contribution in [-0.4, -0.2) is 41.6 Å². The third-order valence-electron chi connectivity index (χ3n) is 6.39. The van der Waals surface area contributed by atoms with Gasteiger partial charge in [-0.05, 0) is 54.3 Å². The van der Waals surface area contributed by atoms with Gasteiger partial charge in [-0.1, -0.05) is 84.9 Å². The third-order valence-corrected chi connectivity index (χ3v) is 6.39. The smallest absolute Gasteiger partial charge is 0.287 e. The summed E-state index contributed by atoms with van der Waals surface area (Å²) in [6, 6.07) is 23.7. The van der Waals surface area contributed by atoms with Crippen LogP contribution in [0.5, 0.6) is 0 Å². The number of amides is 2. The first-order valence-corrected chi connectivity index (χ1v) is 12.3. The molecular formula is C30H31N3O3. The summed E-state index contributed by atoms with van der Waals surface area (Å²) < 4.78 is 0. The van der Waals surface area contributed by atoms with Gasteiger partial charge in [0, 0.05) is 18.5 Å². The maximum absolute atomic E-state index is 13.2. The lowest BCUT2D eigenvalue weighted by Gasteiger charge is -2.17. The summed E-state index contributed by atoms with van der Waals surface area (Å²) in [5, 5.41) is 2.72. The number of carbonyl (C=O) groups excluding carboxylic acids is 3. The van der Waals surface area contributed by atoms with E-state index in [1.54, 1.807) is 12.1 Å². The van der Waals surface area contributed by atoms with Gasteiger partial charge in [0.2, 0.25) is 5.78 Å². The zero-order valence-corrected chi connectivity index (χ0v) is 20.2. The Balaban J connectivity index is 1.47. The normalized spacial score (nSPS) is 14.6. The highest BCUT2D eigenvalue weighted by Crippen LogP contribution is 2.17. The van der Waals surface area contributed by atoms with Gasteiger partial charge in [-0.25, -0.2) is 0 Å². The number of Topliss-reactive ketones (excluding diaryl/α,β-unsaturated/α-hetero) is 1. The van der Waals surface area contributed by atoms with Crippen molar-refractivity contribution in [3.05, 3.63) is 107 Å². The molecule has 1 aliphatic heterocycles. The van der Waals surface area contributed by atoms with Gasteiger partial charge in [-0.3, -0.25) is 19.3 Å². The molecule has 0 aliphatic carbocycles. The first kappa shape index (κ1) is 25.1. The molecule has 184 valence electrons. The summed E-state index contributed by atoms with van der Waals surface area (Å²) in [6.45, 7) is 3.30. The lowest BCUT2D eigenvalue weighted by atomic mass is 10.00. The number of likely N-dealkylation sites (tertiary alicyclic amines) is 1. The lowest BCUT2D eigenvalue weighted by molar-refractivity contribution is -0.137. The van der Waals surface area contributed by atoms with Crippen LogP contribution in [0, 0.1) is 0 Å². The van der Waals surface area contributed by atoms with Gasteiger partial charge < -0.3 is 11.1 Å². The standard InChI is InChI=1S/C30H31N3O3/c31-29(35)28(34)27(20-23-8-2-1-3-9-23)32-30(36)26-11-5-4-10-25(26)17-16-22-12-14-24(15-13-22)21-33-18-6-7-19-33/h1-5,8-17,27H,6-7,18-21H2,(H2,31,35)(H,32,36). The molecule has 0 saturated carbocycles. The van der Waals surface area contributed by atoms with Gasteiger partial charge in [-0.2, -0.15) is 0 Å². The molecule has 4 rings (SSSR count). The van der Waals surface area contributed by atoms with Crippen LogP contribution in [-0.2, 0) is 22.6 Å². The molecule has 6 nitrogen and oxygen atoms in total. The minimum atomic E-state index is -1.07. The maximum atomic E-state index is 13.2. The van der Waals surface area contributed by atoms with E-state index in [9.17, 15) is 14.4 Å². The van der Waals surface area contributed by atoms with Crippen molar-refractivity contribution in [2.24, 2.45) is 5.73 Å². The van der Waals surface area contributed by atoms with Gasteiger partial charge in [0.05, 0.1) is 0 Å².